The molecule has 19 heavy (non-hydrogen) atoms. The molecule has 0 saturated carbocycles. The summed E-state index contributed by atoms with van der Waals surface area (Å²) in [5.74, 6) is -0.00784. The van der Waals surface area contributed by atoms with Gasteiger partial charge in [0.25, 0.3) is 0 Å². The second kappa shape index (κ2) is 5.10. The van der Waals surface area contributed by atoms with E-state index in [1.54, 1.807) is 25.3 Å². The number of ether oxygens (including phenoxy) is 1. The van der Waals surface area contributed by atoms with Crippen LogP contribution in [0.15, 0.2) is 24.3 Å². The van der Waals surface area contributed by atoms with Crippen molar-refractivity contribution in [3.05, 3.63) is 41.0 Å². The van der Waals surface area contributed by atoms with Crippen molar-refractivity contribution in [2.24, 2.45) is 0 Å². The van der Waals surface area contributed by atoms with Gasteiger partial charge in [0.15, 0.2) is 17.2 Å². The van der Waals surface area contributed by atoms with E-state index in [9.17, 15) is 9.59 Å². The molecule has 0 bridgehead atoms. The van der Waals surface area contributed by atoms with E-state index in [1.165, 1.54) is 6.92 Å². The van der Waals surface area contributed by atoms with E-state index in [4.69, 9.17) is 4.74 Å². The van der Waals surface area contributed by atoms with E-state index in [0.717, 1.165) is 17.5 Å². The van der Waals surface area contributed by atoms with Gasteiger partial charge in [-0.1, -0.05) is 31.6 Å². The Morgan fingerprint density at radius 2 is 2.05 bits per heavy atom. The van der Waals surface area contributed by atoms with E-state index >= 15 is 0 Å². The Morgan fingerprint density at radius 3 is 2.63 bits per heavy atom. The Kier molecular flexibility index (Phi) is 3.67. The Labute approximate surface area is 113 Å². The fraction of sp³-hybridized carbons (Fsp3) is 0.375. The lowest BCUT2D eigenvalue weighted by atomic mass is 9.78. The number of carbonyl (C=O) groups excluding carboxylic acids is 2. The first-order valence-electron chi connectivity index (χ1n) is 6.48. The summed E-state index contributed by atoms with van der Waals surface area (Å²) in [6.45, 7) is 3.56. The van der Waals surface area contributed by atoms with Gasteiger partial charge in [0, 0.05) is 12.7 Å². The number of ketones is 2. The largest absolute Gasteiger partial charge is 0.365 e. The van der Waals surface area contributed by atoms with E-state index in [-0.39, 0.29) is 11.6 Å². The van der Waals surface area contributed by atoms with Gasteiger partial charge in [-0.2, -0.15) is 0 Å². The van der Waals surface area contributed by atoms with E-state index in [2.05, 4.69) is 0 Å². The minimum Gasteiger partial charge on any atom is -0.365 e. The van der Waals surface area contributed by atoms with Gasteiger partial charge in [-0.15, -0.1) is 0 Å². The van der Waals surface area contributed by atoms with Gasteiger partial charge in [0.2, 0.25) is 0 Å². The predicted octanol–water partition coefficient (Wildman–Crippen LogP) is 3.13. The van der Waals surface area contributed by atoms with E-state index < -0.39 is 5.60 Å². The molecule has 1 aromatic carbocycles. The standard InChI is InChI=1S/C16H18O3/c1-4-9-16(19-3)14-7-5-12(11(2)17)10-13(14)6-8-15(16)18/h5-8,10H,4,9H2,1-3H3. The summed E-state index contributed by atoms with van der Waals surface area (Å²) in [5, 5.41) is 0. The van der Waals surface area contributed by atoms with Gasteiger partial charge in [-0.3, -0.25) is 9.59 Å². The van der Waals surface area contributed by atoms with Crippen molar-refractivity contribution < 1.29 is 14.3 Å². The summed E-state index contributed by atoms with van der Waals surface area (Å²) < 4.78 is 5.57. The Morgan fingerprint density at radius 1 is 1.32 bits per heavy atom. The lowest BCUT2D eigenvalue weighted by Gasteiger charge is -2.34. The molecular formula is C16H18O3. The maximum Gasteiger partial charge on any atom is 0.192 e. The van der Waals surface area contributed by atoms with Crippen molar-refractivity contribution >= 4 is 17.6 Å². The monoisotopic (exact) mass is 258 g/mol. The molecule has 100 valence electrons. The normalized spacial score (nSPS) is 21.3. The molecule has 2 rings (SSSR count). The molecule has 0 N–H and O–H groups in total. The third-order valence-corrected chi connectivity index (χ3v) is 3.66. The highest BCUT2D eigenvalue weighted by atomic mass is 16.5. The van der Waals surface area contributed by atoms with Crippen LogP contribution in [0, 0.1) is 0 Å². The summed E-state index contributed by atoms with van der Waals surface area (Å²) in [6.07, 6.45) is 4.79. The number of carbonyl (C=O) groups is 2. The zero-order chi connectivity index (χ0) is 14.0. The van der Waals surface area contributed by atoms with Crippen LogP contribution < -0.4 is 0 Å². The zero-order valence-corrected chi connectivity index (χ0v) is 11.5. The van der Waals surface area contributed by atoms with Gasteiger partial charge < -0.3 is 4.74 Å². The molecule has 0 aromatic heterocycles. The maximum absolute atomic E-state index is 12.2. The van der Waals surface area contributed by atoms with Crippen LogP contribution in [-0.2, 0) is 15.1 Å². The molecule has 1 unspecified atom stereocenters. The second-order valence-corrected chi connectivity index (χ2v) is 4.84. The number of Topliss-reactive ketones (excluding diaryl/α,β-unsaturated/α-hetero) is 1. The highest BCUT2D eigenvalue weighted by Crippen LogP contribution is 2.38. The molecule has 0 radical (unpaired) electrons. The van der Waals surface area contributed by atoms with Crippen molar-refractivity contribution in [1.29, 1.82) is 0 Å². The van der Waals surface area contributed by atoms with Crippen LogP contribution in [-0.4, -0.2) is 18.7 Å². The van der Waals surface area contributed by atoms with Crippen LogP contribution in [0.4, 0.5) is 0 Å². The third kappa shape index (κ3) is 2.15. The Bertz CT molecular complexity index is 557. The molecule has 1 aromatic rings. The minimum atomic E-state index is -0.895. The first kappa shape index (κ1) is 13.7. The van der Waals surface area contributed by atoms with Gasteiger partial charge in [0.1, 0.15) is 0 Å². The van der Waals surface area contributed by atoms with Crippen molar-refractivity contribution in [3.8, 4) is 0 Å². The summed E-state index contributed by atoms with van der Waals surface area (Å²) in [5.41, 5.74) is 1.50. The quantitative estimate of drug-likeness (QED) is 0.779. The summed E-state index contributed by atoms with van der Waals surface area (Å²) in [6, 6.07) is 5.42. The van der Waals surface area contributed by atoms with Crippen molar-refractivity contribution in [2.75, 3.05) is 7.11 Å². The average molecular weight is 258 g/mol. The van der Waals surface area contributed by atoms with E-state index in [0.29, 0.717) is 12.0 Å². The molecule has 0 heterocycles. The smallest absolute Gasteiger partial charge is 0.192 e. The van der Waals surface area contributed by atoms with Gasteiger partial charge in [-0.05, 0) is 36.6 Å². The van der Waals surface area contributed by atoms with Crippen LogP contribution in [0.2, 0.25) is 0 Å². The number of methoxy groups -OCH3 is 1. The number of hydrogen-bond donors (Lipinski definition) is 0. The molecule has 3 nitrogen and oxygen atoms in total. The molecule has 1 aliphatic rings. The fourth-order valence-corrected chi connectivity index (χ4v) is 2.64. The van der Waals surface area contributed by atoms with Crippen molar-refractivity contribution in [1.82, 2.24) is 0 Å². The molecular weight excluding hydrogens is 240 g/mol. The Hall–Kier alpha value is -1.74. The first-order valence-corrected chi connectivity index (χ1v) is 6.48. The van der Waals surface area contributed by atoms with Gasteiger partial charge >= 0.3 is 0 Å². The first-order chi connectivity index (χ1) is 9.05. The molecule has 3 heteroatoms. The van der Waals surface area contributed by atoms with Crippen molar-refractivity contribution in [2.45, 2.75) is 32.3 Å². The summed E-state index contributed by atoms with van der Waals surface area (Å²) >= 11 is 0. The van der Waals surface area contributed by atoms with Crippen LogP contribution >= 0.6 is 0 Å². The number of fused-ring (bicyclic) bond motifs is 1. The van der Waals surface area contributed by atoms with Crippen LogP contribution in [0.1, 0.15) is 48.2 Å². The second-order valence-electron chi connectivity index (χ2n) is 4.84. The van der Waals surface area contributed by atoms with E-state index in [1.807, 2.05) is 19.1 Å². The minimum absolute atomic E-state index is 0.0200. The summed E-state index contributed by atoms with van der Waals surface area (Å²) in [4.78, 5) is 23.7. The molecule has 0 saturated heterocycles. The predicted molar refractivity (Wildman–Crippen MR) is 74.1 cm³/mol. The molecule has 0 fully saturated rings. The maximum atomic E-state index is 12.2. The average Bonchev–Trinajstić information content (AvgIpc) is 2.41. The molecule has 1 aliphatic carbocycles. The number of benzene rings is 1. The topological polar surface area (TPSA) is 43.4 Å². The van der Waals surface area contributed by atoms with Crippen molar-refractivity contribution in [3.63, 3.8) is 0 Å². The lowest BCUT2D eigenvalue weighted by Crippen LogP contribution is -2.39. The summed E-state index contributed by atoms with van der Waals surface area (Å²) in [7, 11) is 1.56. The van der Waals surface area contributed by atoms with Gasteiger partial charge in [0.05, 0.1) is 0 Å². The number of hydrogen-bond acceptors (Lipinski definition) is 3. The van der Waals surface area contributed by atoms with Crippen LogP contribution in [0.25, 0.3) is 6.08 Å². The van der Waals surface area contributed by atoms with Gasteiger partial charge in [-0.25, -0.2) is 0 Å². The highest BCUT2D eigenvalue weighted by Gasteiger charge is 2.41. The SMILES string of the molecule is CCCC1(OC)C(=O)C=Cc2cc(C(C)=O)ccc21. The zero-order valence-electron chi connectivity index (χ0n) is 11.5. The Balaban J connectivity index is 2.60. The third-order valence-electron chi connectivity index (χ3n) is 3.66. The van der Waals surface area contributed by atoms with Crippen LogP contribution in [0.3, 0.4) is 0 Å². The fourth-order valence-electron chi connectivity index (χ4n) is 2.64. The molecule has 1 atom stereocenters. The lowest BCUT2D eigenvalue weighted by molar-refractivity contribution is -0.138. The molecule has 0 spiro atoms. The molecule has 0 amide bonds. The molecule has 0 aliphatic heterocycles. The number of rotatable bonds is 4. The van der Waals surface area contributed by atoms with Crippen LogP contribution in [0.5, 0.6) is 0 Å². The highest BCUT2D eigenvalue weighted by molar-refractivity contribution is 6.05.